The Bertz CT molecular complexity index is 701. The van der Waals surface area contributed by atoms with Crippen LogP contribution in [0.2, 0.25) is 0 Å². The minimum Gasteiger partial charge on any atom is -0.497 e. The molecular weight excluding hydrogens is 350 g/mol. The van der Waals surface area contributed by atoms with Crippen molar-refractivity contribution in [3.63, 3.8) is 0 Å². The Labute approximate surface area is 158 Å². The van der Waals surface area contributed by atoms with Gasteiger partial charge in [-0.1, -0.05) is 18.2 Å². The maximum Gasteiger partial charge on any atom is 0.321 e. The number of nitrogens with one attached hydrogen (secondary N) is 2. The van der Waals surface area contributed by atoms with Gasteiger partial charge in [-0.15, -0.1) is 11.3 Å². The molecule has 1 aromatic carbocycles. The summed E-state index contributed by atoms with van der Waals surface area (Å²) < 4.78 is 5.19. The van der Waals surface area contributed by atoms with Gasteiger partial charge in [-0.2, -0.15) is 0 Å². The van der Waals surface area contributed by atoms with E-state index in [2.05, 4.69) is 28.5 Å². The molecule has 0 saturated heterocycles. The molecule has 0 radical (unpaired) electrons. The molecular formula is C19H25N3O3S. The van der Waals surface area contributed by atoms with Crippen LogP contribution < -0.4 is 15.4 Å². The second-order valence-electron chi connectivity index (χ2n) is 6.01. The van der Waals surface area contributed by atoms with Crippen molar-refractivity contribution in [2.24, 2.45) is 0 Å². The summed E-state index contributed by atoms with van der Waals surface area (Å²) in [6, 6.07) is 11.6. The molecule has 0 aliphatic rings. The van der Waals surface area contributed by atoms with Gasteiger partial charge in [-0.25, -0.2) is 4.79 Å². The first-order valence-corrected chi connectivity index (χ1v) is 9.30. The summed E-state index contributed by atoms with van der Waals surface area (Å²) in [5.74, 6) is 0.472. The molecule has 1 heterocycles. The highest BCUT2D eigenvalue weighted by Gasteiger charge is 2.19. The number of hydrogen-bond donors (Lipinski definition) is 2. The van der Waals surface area contributed by atoms with E-state index in [0.717, 1.165) is 17.7 Å². The highest BCUT2D eigenvalue weighted by molar-refractivity contribution is 7.09. The molecule has 0 spiro atoms. The van der Waals surface area contributed by atoms with E-state index in [9.17, 15) is 9.59 Å². The summed E-state index contributed by atoms with van der Waals surface area (Å²) in [5.41, 5.74) is 1.08. The fourth-order valence-electron chi connectivity index (χ4n) is 2.60. The Kier molecular flexibility index (Phi) is 7.62. The highest BCUT2D eigenvalue weighted by atomic mass is 32.1. The predicted octanol–water partition coefficient (Wildman–Crippen LogP) is 2.65. The molecule has 2 N–H and O–H groups in total. The Balaban J connectivity index is 2.08. The van der Waals surface area contributed by atoms with Crippen LogP contribution in [-0.4, -0.2) is 43.6 Å². The van der Waals surface area contributed by atoms with Crippen molar-refractivity contribution in [3.8, 4) is 5.75 Å². The first kappa shape index (κ1) is 19.9. The molecule has 0 aliphatic heterocycles. The molecule has 3 amide bonds. The number of ether oxygens (including phenoxy) is 1. The molecule has 26 heavy (non-hydrogen) atoms. The van der Waals surface area contributed by atoms with Gasteiger partial charge in [0.2, 0.25) is 5.91 Å². The first-order valence-electron chi connectivity index (χ1n) is 8.42. The van der Waals surface area contributed by atoms with Gasteiger partial charge in [0.25, 0.3) is 0 Å². The van der Waals surface area contributed by atoms with Gasteiger partial charge in [-0.3, -0.25) is 15.0 Å². The van der Waals surface area contributed by atoms with Crippen LogP contribution in [0.3, 0.4) is 0 Å². The van der Waals surface area contributed by atoms with Gasteiger partial charge in [0.15, 0.2) is 0 Å². The van der Waals surface area contributed by atoms with Crippen molar-refractivity contribution in [1.82, 2.24) is 15.5 Å². The number of nitrogens with zero attached hydrogens (tertiary/aromatic N) is 1. The summed E-state index contributed by atoms with van der Waals surface area (Å²) in [5, 5.41) is 6.78. The van der Waals surface area contributed by atoms with E-state index in [1.807, 2.05) is 35.7 Å². The number of carbonyl (C=O) groups excluding carboxylic acids is 2. The monoisotopic (exact) mass is 375 g/mol. The van der Waals surface area contributed by atoms with Gasteiger partial charge < -0.3 is 10.1 Å². The lowest BCUT2D eigenvalue weighted by atomic mass is 10.1. The first-order chi connectivity index (χ1) is 12.5. The zero-order valence-electron chi connectivity index (χ0n) is 15.3. The lowest BCUT2D eigenvalue weighted by Gasteiger charge is -2.28. The summed E-state index contributed by atoms with van der Waals surface area (Å²) in [6.07, 6.45) is 0.848. The maximum absolute atomic E-state index is 12.2. The number of thiophene rings is 1. The molecule has 1 atom stereocenters. The van der Waals surface area contributed by atoms with E-state index in [-0.39, 0.29) is 18.5 Å². The Morgan fingerprint density at radius 3 is 2.54 bits per heavy atom. The molecule has 0 aliphatic carbocycles. The third-order valence-electron chi connectivity index (χ3n) is 4.07. The van der Waals surface area contributed by atoms with Gasteiger partial charge in [0.05, 0.1) is 13.7 Å². The Morgan fingerprint density at radius 2 is 1.96 bits per heavy atom. The molecule has 0 saturated carbocycles. The molecule has 0 bridgehead atoms. The molecule has 0 unspecified atom stereocenters. The Hall–Kier alpha value is -2.38. The topological polar surface area (TPSA) is 70.7 Å². The number of amides is 3. The van der Waals surface area contributed by atoms with E-state index in [4.69, 9.17) is 4.74 Å². The van der Waals surface area contributed by atoms with Crippen LogP contribution in [-0.2, 0) is 17.8 Å². The van der Waals surface area contributed by atoms with Crippen molar-refractivity contribution in [1.29, 1.82) is 0 Å². The smallest absolute Gasteiger partial charge is 0.321 e. The van der Waals surface area contributed by atoms with Gasteiger partial charge in [-0.05, 0) is 42.5 Å². The standard InChI is InChI=1S/C19H25N3O3S/c1-14(11-17-5-4-10-26-17)22(13-18(23)21-19(24)20-2)12-15-6-8-16(25-3)9-7-15/h4-10,14H,11-13H2,1-3H3,(H2,20,21,23,24)/t14-/m1/s1. The van der Waals surface area contributed by atoms with Crippen molar-refractivity contribution in [2.75, 3.05) is 20.7 Å². The Morgan fingerprint density at radius 1 is 1.23 bits per heavy atom. The quantitative estimate of drug-likeness (QED) is 0.744. The molecule has 6 nitrogen and oxygen atoms in total. The zero-order valence-corrected chi connectivity index (χ0v) is 16.1. The molecule has 2 aromatic rings. The van der Waals surface area contributed by atoms with Crippen LogP contribution in [0.1, 0.15) is 17.4 Å². The second-order valence-corrected chi connectivity index (χ2v) is 7.05. The summed E-state index contributed by atoms with van der Waals surface area (Å²) in [6.45, 7) is 2.85. The normalized spacial score (nSPS) is 11.8. The lowest BCUT2D eigenvalue weighted by Crippen LogP contribution is -2.46. The molecule has 140 valence electrons. The average molecular weight is 375 g/mol. The number of urea groups is 1. The number of methoxy groups -OCH3 is 1. The van der Waals surface area contributed by atoms with Crippen LogP contribution >= 0.6 is 11.3 Å². The predicted molar refractivity (Wildman–Crippen MR) is 103 cm³/mol. The van der Waals surface area contributed by atoms with E-state index >= 15 is 0 Å². The maximum atomic E-state index is 12.2. The summed E-state index contributed by atoms with van der Waals surface area (Å²) in [4.78, 5) is 26.9. The molecule has 0 fully saturated rings. The number of hydrogen-bond acceptors (Lipinski definition) is 5. The average Bonchev–Trinajstić information content (AvgIpc) is 3.14. The van der Waals surface area contributed by atoms with E-state index in [1.165, 1.54) is 11.9 Å². The van der Waals surface area contributed by atoms with E-state index in [0.29, 0.717) is 6.54 Å². The van der Waals surface area contributed by atoms with Gasteiger partial charge in [0.1, 0.15) is 5.75 Å². The summed E-state index contributed by atoms with van der Waals surface area (Å²) in [7, 11) is 3.12. The highest BCUT2D eigenvalue weighted by Crippen LogP contribution is 2.18. The zero-order chi connectivity index (χ0) is 18.9. The van der Waals surface area contributed by atoms with Crippen molar-refractivity contribution in [3.05, 3.63) is 52.2 Å². The number of imide groups is 1. The van der Waals surface area contributed by atoms with Crippen LogP contribution in [0, 0.1) is 0 Å². The van der Waals surface area contributed by atoms with E-state index in [1.54, 1.807) is 18.4 Å². The van der Waals surface area contributed by atoms with Crippen molar-refractivity contribution in [2.45, 2.75) is 25.9 Å². The molecule has 2 rings (SSSR count). The fourth-order valence-corrected chi connectivity index (χ4v) is 3.42. The van der Waals surface area contributed by atoms with Crippen molar-refractivity contribution < 1.29 is 14.3 Å². The fraction of sp³-hybridized carbons (Fsp3) is 0.368. The van der Waals surface area contributed by atoms with Crippen LogP contribution in [0.4, 0.5) is 4.79 Å². The van der Waals surface area contributed by atoms with E-state index < -0.39 is 6.03 Å². The van der Waals surface area contributed by atoms with Gasteiger partial charge in [0, 0.05) is 24.5 Å². The number of carbonyl (C=O) groups is 2. The van der Waals surface area contributed by atoms with Crippen molar-refractivity contribution >= 4 is 23.3 Å². The molecule has 7 heteroatoms. The number of benzene rings is 1. The third-order valence-corrected chi connectivity index (χ3v) is 4.97. The third kappa shape index (κ3) is 6.16. The lowest BCUT2D eigenvalue weighted by molar-refractivity contribution is -0.121. The van der Waals surface area contributed by atoms with Crippen LogP contribution in [0.25, 0.3) is 0 Å². The van der Waals surface area contributed by atoms with Gasteiger partial charge >= 0.3 is 6.03 Å². The SMILES string of the molecule is CNC(=O)NC(=O)CN(Cc1ccc(OC)cc1)[C@H](C)Cc1cccs1. The van der Waals surface area contributed by atoms with Crippen LogP contribution in [0.15, 0.2) is 41.8 Å². The number of rotatable bonds is 8. The summed E-state index contributed by atoms with van der Waals surface area (Å²) >= 11 is 1.71. The largest absolute Gasteiger partial charge is 0.497 e. The van der Waals surface area contributed by atoms with Crippen LogP contribution in [0.5, 0.6) is 5.75 Å². The minimum absolute atomic E-state index is 0.145. The molecule has 1 aromatic heterocycles. The second kappa shape index (κ2) is 9.94. The minimum atomic E-state index is -0.495.